The molecule has 2 heterocycles. The Hall–Kier alpha value is -2.63. The van der Waals surface area contributed by atoms with Gasteiger partial charge >= 0.3 is 5.63 Å². The van der Waals surface area contributed by atoms with Gasteiger partial charge in [-0.25, -0.2) is 4.79 Å². The average molecular weight is 286 g/mol. The fourth-order valence-corrected chi connectivity index (χ4v) is 2.03. The van der Waals surface area contributed by atoms with Crippen molar-refractivity contribution in [2.75, 3.05) is 0 Å². The molecule has 6 heteroatoms. The third-order valence-electron chi connectivity index (χ3n) is 3.10. The predicted molar refractivity (Wildman–Crippen MR) is 75.2 cm³/mol. The third kappa shape index (κ3) is 2.79. The van der Waals surface area contributed by atoms with Crippen LogP contribution in [0.2, 0.25) is 0 Å². The van der Waals surface area contributed by atoms with E-state index < -0.39 is 0 Å². The maximum atomic E-state index is 11.4. The zero-order chi connectivity index (χ0) is 14.8. The normalized spacial score (nSPS) is 11.0. The van der Waals surface area contributed by atoms with Gasteiger partial charge in [0.2, 0.25) is 5.89 Å². The molecule has 0 saturated carbocycles. The number of aromatic nitrogens is 2. The van der Waals surface area contributed by atoms with Crippen molar-refractivity contribution >= 4 is 11.0 Å². The summed E-state index contributed by atoms with van der Waals surface area (Å²) < 4.78 is 16.1. The Morgan fingerprint density at radius 2 is 1.95 bits per heavy atom. The van der Waals surface area contributed by atoms with Gasteiger partial charge in [0.25, 0.3) is 5.89 Å². The molecule has 108 valence electrons. The summed E-state index contributed by atoms with van der Waals surface area (Å²) in [6.45, 7) is 3.98. The highest BCUT2D eigenvalue weighted by Crippen LogP contribution is 2.22. The first-order valence-electron chi connectivity index (χ1n) is 6.64. The van der Waals surface area contributed by atoms with Gasteiger partial charge in [0.1, 0.15) is 11.3 Å². The number of hydrogen-bond donors (Lipinski definition) is 0. The molecular weight excluding hydrogens is 272 g/mol. The van der Waals surface area contributed by atoms with E-state index in [1.807, 2.05) is 26.0 Å². The molecule has 0 atom stereocenters. The van der Waals surface area contributed by atoms with Crippen molar-refractivity contribution in [3.63, 3.8) is 0 Å². The summed E-state index contributed by atoms with van der Waals surface area (Å²) in [6.07, 6.45) is 0.688. The van der Waals surface area contributed by atoms with Gasteiger partial charge in [0.15, 0.2) is 6.61 Å². The Kier molecular flexibility index (Phi) is 3.43. The molecule has 0 aliphatic rings. The topological polar surface area (TPSA) is 78.4 Å². The lowest BCUT2D eigenvalue weighted by atomic mass is 10.1. The van der Waals surface area contributed by atoms with Crippen molar-refractivity contribution in [3.05, 3.63) is 52.0 Å². The first kappa shape index (κ1) is 13.4. The van der Waals surface area contributed by atoms with E-state index in [0.29, 0.717) is 29.5 Å². The molecule has 0 saturated heterocycles. The SMILES string of the molecule is CCc1nnc(COc2ccc3c(C)cc(=O)oc3c2)o1. The Morgan fingerprint density at radius 1 is 1.14 bits per heavy atom. The van der Waals surface area contributed by atoms with Crippen LogP contribution in [0.4, 0.5) is 0 Å². The molecule has 3 rings (SSSR count). The number of hydrogen-bond acceptors (Lipinski definition) is 6. The van der Waals surface area contributed by atoms with Crippen molar-refractivity contribution in [2.45, 2.75) is 26.9 Å². The van der Waals surface area contributed by atoms with E-state index in [-0.39, 0.29) is 12.2 Å². The van der Waals surface area contributed by atoms with Gasteiger partial charge in [-0.2, -0.15) is 0 Å². The van der Waals surface area contributed by atoms with Crippen LogP contribution in [0, 0.1) is 6.92 Å². The summed E-state index contributed by atoms with van der Waals surface area (Å²) in [4.78, 5) is 11.4. The van der Waals surface area contributed by atoms with Crippen LogP contribution < -0.4 is 10.4 Å². The molecule has 6 nitrogen and oxygen atoms in total. The quantitative estimate of drug-likeness (QED) is 0.686. The van der Waals surface area contributed by atoms with E-state index in [1.165, 1.54) is 6.07 Å². The van der Waals surface area contributed by atoms with Crippen molar-refractivity contribution < 1.29 is 13.6 Å². The molecule has 0 N–H and O–H groups in total. The molecule has 0 fully saturated rings. The summed E-state index contributed by atoms with van der Waals surface area (Å²) in [5.41, 5.74) is 0.996. The minimum Gasteiger partial charge on any atom is -0.484 e. The average Bonchev–Trinajstić information content (AvgIpc) is 2.92. The zero-order valence-electron chi connectivity index (χ0n) is 11.8. The van der Waals surface area contributed by atoms with Crippen LogP contribution in [-0.2, 0) is 13.0 Å². The first-order valence-corrected chi connectivity index (χ1v) is 6.64. The summed E-state index contributed by atoms with van der Waals surface area (Å²) >= 11 is 0. The number of benzene rings is 1. The smallest absolute Gasteiger partial charge is 0.336 e. The van der Waals surface area contributed by atoms with Crippen LogP contribution in [0.5, 0.6) is 5.75 Å². The highest BCUT2D eigenvalue weighted by Gasteiger charge is 2.07. The lowest BCUT2D eigenvalue weighted by Crippen LogP contribution is -1.99. The van der Waals surface area contributed by atoms with Crippen molar-refractivity contribution in [2.24, 2.45) is 0 Å². The number of rotatable bonds is 4. The second-order valence-corrected chi connectivity index (χ2v) is 4.64. The second-order valence-electron chi connectivity index (χ2n) is 4.64. The van der Waals surface area contributed by atoms with E-state index >= 15 is 0 Å². The molecule has 0 aliphatic heterocycles. The van der Waals surface area contributed by atoms with Gasteiger partial charge in [-0.05, 0) is 24.6 Å². The van der Waals surface area contributed by atoms with Crippen molar-refractivity contribution in [1.82, 2.24) is 10.2 Å². The Labute approximate surface area is 120 Å². The van der Waals surface area contributed by atoms with E-state index in [1.54, 1.807) is 6.07 Å². The zero-order valence-corrected chi connectivity index (χ0v) is 11.8. The van der Waals surface area contributed by atoms with Crippen LogP contribution in [0.25, 0.3) is 11.0 Å². The largest absolute Gasteiger partial charge is 0.484 e. The van der Waals surface area contributed by atoms with Crippen LogP contribution in [0.3, 0.4) is 0 Å². The number of ether oxygens (including phenoxy) is 1. The lowest BCUT2D eigenvalue weighted by Gasteiger charge is -2.05. The molecule has 0 spiro atoms. The van der Waals surface area contributed by atoms with Crippen LogP contribution in [0.15, 0.2) is 37.9 Å². The van der Waals surface area contributed by atoms with E-state index in [2.05, 4.69) is 10.2 Å². The molecule has 0 bridgehead atoms. The van der Waals surface area contributed by atoms with Crippen molar-refractivity contribution in [1.29, 1.82) is 0 Å². The number of aryl methyl sites for hydroxylation is 2. The molecule has 0 unspecified atom stereocenters. The maximum absolute atomic E-state index is 11.4. The number of fused-ring (bicyclic) bond motifs is 1. The number of nitrogens with zero attached hydrogens (tertiary/aromatic N) is 2. The first-order chi connectivity index (χ1) is 10.2. The Bertz CT molecular complexity index is 835. The molecule has 0 radical (unpaired) electrons. The Balaban J connectivity index is 1.82. The van der Waals surface area contributed by atoms with Gasteiger partial charge in [0, 0.05) is 23.9 Å². The van der Waals surface area contributed by atoms with Gasteiger partial charge in [0.05, 0.1) is 0 Å². The fraction of sp³-hybridized carbons (Fsp3) is 0.267. The van der Waals surface area contributed by atoms with Crippen LogP contribution in [-0.4, -0.2) is 10.2 Å². The highest BCUT2D eigenvalue weighted by molar-refractivity contribution is 5.81. The minimum absolute atomic E-state index is 0.175. The van der Waals surface area contributed by atoms with Gasteiger partial charge in [-0.3, -0.25) is 0 Å². The molecule has 0 aliphatic carbocycles. The van der Waals surface area contributed by atoms with E-state index in [4.69, 9.17) is 13.6 Å². The summed E-state index contributed by atoms with van der Waals surface area (Å²) in [5, 5.41) is 8.62. The standard InChI is InChI=1S/C15H14N2O4/c1-3-13-16-17-14(21-13)8-19-10-4-5-11-9(2)6-15(18)20-12(11)7-10/h4-7H,3,8H2,1-2H3. The van der Waals surface area contributed by atoms with E-state index in [0.717, 1.165) is 10.9 Å². The van der Waals surface area contributed by atoms with Gasteiger partial charge in [-0.15, -0.1) is 10.2 Å². The van der Waals surface area contributed by atoms with E-state index in [9.17, 15) is 4.79 Å². The van der Waals surface area contributed by atoms with Gasteiger partial charge in [-0.1, -0.05) is 6.92 Å². The third-order valence-corrected chi connectivity index (χ3v) is 3.10. The Morgan fingerprint density at radius 3 is 2.71 bits per heavy atom. The summed E-state index contributed by atoms with van der Waals surface area (Å²) in [6, 6.07) is 6.81. The molecule has 21 heavy (non-hydrogen) atoms. The maximum Gasteiger partial charge on any atom is 0.336 e. The molecular formula is C15H14N2O4. The summed E-state index contributed by atoms with van der Waals surface area (Å²) in [5.74, 6) is 1.57. The van der Waals surface area contributed by atoms with Gasteiger partial charge < -0.3 is 13.6 Å². The minimum atomic E-state index is -0.373. The van der Waals surface area contributed by atoms with Crippen molar-refractivity contribution in [3.8, 4) is 5.75 Å². The molecule has 0 amide bonds. The highest BCUT2D eigenvalue weighted by atomic mass is 16.5. The molecule has 1 aromatic carbocycles. The second kappa shape index (κ2) is 5.40. The predicted octanol–water partition coefficient (Wildman–Crippen LogP) is 2.63. The molecule has 3 aromatic rings. The fourth-order valence-electron chi connectivity index (χ4n) is 2.03. The molecule has 2 aromatic heterocycles. The lowest BCUT2D eigenvalue weighted by molar-refractivity contribution is 0.259. The van der Waals surface area contributed by atoms with Crippen LogP contribution >= 0.6 is 0 Å². The van der Waals surface area contributed by atoms with Crippen LogP contribution in [0.1, 0.15) is 24.3 Å². The monoisotopic (exact) mass is 286 g/mol. The summed E-state index contributed by atoms with van der Waals surface area (Å²) in [7, 11) is 0.